The van der Waals surface area contributed by atoms with Crippen molar-refractivity contribution in [3.8, 4) is 0 Å². The van der Waals surface area contributed by atoms with Gasteiger partial charge in [0.15, 0.2) is 0 Å². The highest BCUT2D eigenvalue weighted by Gasteiger charge is 2.21. The average Bonchev–Trinajstić information content (AvgIpc) is 2.49. The maximum atomic E-state index is 3.95. The molecule has 0 bridgehead atoms. The van der Waals surface area contributed by atoms with Gasteiger partial charge in [0.25, 0.3) is 0 Å². The van der Waals surface area contributed by atoms with Crippen molar-refractivity contribution in [2.45, 2.75) is 77.3 Å². The molecule has 1 atom stereocenters. The van der Waals surface area contributed by atoms with Gasteiger partial charge in [-0.25, -0.2) is 0 Å². The highest BCUT2D eigenvalue weighted by atomic mass is 15.0. The molecular formula is C19H31N. The van der Waals surface area contributed by atoms with Crippen LogP contribution < -0.4 is 5.32 Å². The minimum Gasteiger partial charge on any atom is -0.307 e. The van der Waals surface area contributed by atoms with Crippen molar-refractivity contribution >= 4 is 0 Å². The van der Waals surface area contributed by atoms with Crippen LogP contribution in [-0.2, 0) is 0 Å². The number of benzene rings is 1. The predicted molar refractivity (Wildman–Crippen MR) is 87.9 cm³/mol. The summed E-state index contributed by atoms with van der Waals surface area (Å²) in [6.07, 6.45) is 10.8. The van der Waals surface area contributed by atoms with Gasteiger partial charge in [-0.2, -0.15) is 0 Å². The first-order valence-electron chi connectivity index (χ1n) is 8.60. The number of unbranched alkanes of at least 4 members (excludes halogenated alkanes) is 2. The maximum Gasteiger partial charge on any atom is 0.0322 e. The van der Waals surface area contributed by atoms with Gasteiger partial charge in [-0.3, -0.25) is 0 Å². The van der Waals surface area contributed by atoms with Crippen LogP contribution in [0, 0.1) is 5.92 Å². The summed E-state index contributed by atoms with van der Waals surface area (Å²) < 4.78 is 0. The highest BCUT2D eigenvalue weighted by molar-refractivity contribution is 5.19. The van der Waals surface area contributed by atoms with Crippen LogP contribution in [0.15, 0.2) is 30.3 Å². The quantitative estimate of drug-likeness (QED) is 0.649. The van der Waals surface area contributed by atoms with E-state index in [1.54, 1.807) is 0 Å². The first kappa shape index (κ1) is 15.6. The molecule has 1 unspecified atom stereocenters. The average molecular weight is 273 g/mol. The van der Waals surface area contributed by atoms with E-state index in [2.05, 4.69) is 49.5 Å². The minimum atomic E-state index is 0.557. The summed E-state index contributed by atoms with van der Waals surface area (Å²) in [5.41, 5.74) is 1.47. The predicted octanol–water partition coefficient (Wildman–Crippen LogP) is 5.48. The Balaban J connectivity index is 1.92. The summed E-state index contributed by atoms with van der Waals surface area (Å²) in [5.74, 6) is 0.934. The van der Waals surface area contributed by atoms with Gasteiger partial charge in [0.1, 0.15) is 0 Å². The van der Waals surface area contributed by atoms with Crippen LogP contribution in [0.1, 0.15) is 76.8 Å². The second kappa shape index (κ2) is 8.46. The highest BCUT2D eigenvalue weighted by Crippen LogP contribution is 2.27. The molecule has 2 rings (SSSR count). The fourth-order valence-corrected chi connectivity index (χ4v) is 3.34. The van der Waals surface area contributed by atoms with Crippen molar-refractivity contribution in [2.24, 2.45) is 5.92 Å². The Bertz CT molecular complexity index is 351. The molecule has 1 aliphatic rings. The Morgan fingerprint density at radius 3 is 2.40 bits per heavy atom. The van der Waals surface area contributed by atoms with Crippen LogP contribution in [0.3, 0.4) is 0 Å². The lowest BCUT2D eigenvalue weighted by atomic mass is 9.86. The lowest BCUT2D eigenvalue weighted by molar-refractivity contribution is 0.280. The van der Waals surface area contributed by atoms with Crippen LogP contribution in [0.5, 0.6) is 0 Å². The topological polar surface area (TPSA) is 12.0 Å². The van der Waals surface area contributed by atoms with Crippen molar-refractivity contribution < 1.29 is 0 Å². The van der Waals surface area contributed by atoms with Gasteiger partial charge in [-0.05, 0) is 43.6 Å². The van der Waals surface area contributed by atoms with Crippen molar-refractivity contribution in [3.63, 3.8) is 0 Å². The molecule has 0 aliphatic heterocycles. The van der Waals surface area contributed by atoms with E-state index < -0.39 is 0 Å². The molecule has 1 aromatic rings. The van der Waals surface area contributed by atoms with E-state index in [4.69, 9.17) is 0 Å². The second-order valence-electron chi connectivity index (χ2n) is 6.58. The van der Waals surface area contributed by atoms with Crippen LogP contribution in [-0.4, -0.2) is 6.04 Å². The standard InChI is InChI=1S/C19H31N/c1-3-4-6-11-19(17-9-7-5-8-10-17)20-18-14-12-16(2)13-15-18/h5,7-10,16,18-20H,3-4,6,11-15H2,1-2H3. The molecule has 0 saturated heterocycles. The zero-order valence-electron chi connectivity index (χ0n) is 13.3. The molecule has 0 aromatic heterocycles. The van der Waals surface area contributed by atoms with E-state index in [0.29, 0.717) is 6.04 Å². The van der Waals surface area contributed by atoms with E-state index in [9.17, 15) is 0 Å². The van der Waals surface area contributed by atoms with E-state index in [-0.39, 0.29) is 0 Å². The number of hydrogen-bond donors (Lipinski definition) is 1. The molecule has 0 heterocycles. The van der Waals surface area contributed by atoms with Gasteiger partial charge >= 0.3 is 0 Å². The zero-order chi connectivity index (χ0) is 14.2. The van der Waals surface area contributed by atoms with Gasteiger partial charge in [-0.15, -0.1) is 0 Å². The molecule has 112 valence electrons. The van der Waals surface area contributed by atoms with Crippen molar-refractivity contribution in [1.29, 1.82) is 0 Å². The summed E-state index contributed by atoms with van der Waals surface area (Å²) >= 11 is 0. The van der Waals surface area contributed by atoms with Crippen LogP contribution in [0.4, 0.5) is 0 Å². The summed E-state index contributed by atoms with van der Waals surface area (Å²) in [6, 6.07) is 12.3. The third-order valence-corrected chi connectivity index (χ3v) is 4.75. The fraction of sp³-hybridized carbons (Fsp3) is 0.684. The van der Waals surface area contributed by atoms with E-state index in [0.717, 1.165) is 12.0 Å². The normalized spacial score (nSPS) is 24.5. The van der Waals surface area contributed by atoms with Crippen molar-refractivity contribution in [2.75, 3.05) is 0 Å². The summed E-state index contributed by atoms with van der Waals surface area (Å²) in [6.45, 7) is 4.68. The van der Waals surface area contributed by atoms with Gasteiger partial charge in [0, 0.05) is 12.1 Å². The lowest BCUT2D eigenvalue weighted by Gasteiger charge is -2.31. The lowest BCUT2D eigenvalue weighted by Crippen LogP contribution is -2.35. The Hall–Kier alpha value is -0.820. The summed E-state index contributed by atoms with van der Waals surface area (Å²) in [5, 5.41) is 3.95. The summed E-state index contributed by atoms with van der Waals surface area (Å²) in [7, 11) is 0. The van der Waals surface area contributed by atoms with Gasteiger partial charge < -0.3 is 5.32 Å². The second-order valence-corrected chi connectivity index (χ2v) is 6.58. The fourth-order valence-electron chi connectivity index (χ4n) is 3.34. The van der Waals surface area contributed by atoms with Gasteiger partial charge in [0.05, 0.1) is 0 Å². The monoisotopic (exact) mass is 273 g/mol. The molecule has 1 N–H and O–H groups in total. The largest absolute Gasteiger partial charge is 0.307 e. The van der Waals surface area contributed by atoms with Crippen LogP contribution in [0.2, 0.25) is 0 Å². The maximum absolute atomic E-state index is 3.95. The molecule has 20 heavy (non-hydrogen) atoms. The van der Waals surface area contributed by atoms with Gasteiger partial charge in [0.2, 0.25) is 0 Å². The number of hydrogen-bond acceptors (Lipinski definition) is 1. The number of nitrogens with one attached hydrogen (secondary N) is 1. The molecule has 1 aromatic carbocycles. The van der Waals surface area contributed by atoms with Gasteiger partial charge in [-0.1, -0.05) is 63.4 Å². The zero-order valence-corrected chi connectivity index (χ0v) is 13.3. The van der Waals surface area contributed by atoms with Crippen LogP contribution >= 0.6 is 0 Å². The molecule has 0 radical (unpaired) electrons. The van der Waals surface area contributed by atoms with E-state index >= 15 is 0 Å². The first-order valence-corrected chi connectivity index (χ1v) is 8.60. The van der Waals surface area contributed by atoms with Crippen molar-refractivity contribution in [1.82, 2.24) is 5.32 Å². The third kappa shape index (κ3) is 4.94. The Labute approximate surface area is 125 Å². The molecule has 1 heteroatoms. The molecule has 0 spiro atoms. The van der Waals surface area contributed by atoms with E-state index in [1.165, 1.54) is 56.9 Å². The molecule has 1 nitrogen and oxygen atoms in total. The van der Waals surface area contributed by atoms with Crippen LogP contribution in [0.25, 0.3) is 0 Å². The Morgan fingerprint density at radius 2 is 1.75 bits per heavy atom. The third-order valence-electron chi connectivity index (χ3n) is 4.75. The molecule has 1 fully saturated rings. The first-order chi connectivity index (χ1) is 9.79. The molecular weight excluding hydrogens is 242 g/mol. The van der Waals surface area contributed by atoms with Crippen molar-refractivity contribution in [3.05, 3.63) is 35.9 Å². The molecule has 1 saturated carbocycles. The SMILES string of the molecule is CCCCCC(NC1CCC(C)CC1)c1ccccc1. The number of rotatable bonds is 7. The summed E-state index contributed by atoms with van der Waals surface area (Å²) in [4.78, 5) is 0. The smallest absolute Gasteiger partial charge is 0.0322 e. The molecule has 1 aliphatic carbocycles. The minimum absolute atomic E-state index is 0.557. The molecule has 0 amide bonds. The Kier molecular flexibility index (Phi) is 6.59. The van der Waals surface area contributed by atoms with E-state index in [1.807, 2.05) is 0 Å². The Morgan fingerprint density at radius 1 is 1.05 bits per heavy atom.